The fraction of sp³-hybridized carbons (Fsp3) is 0.571. The molecule has 19 heavy (non-hydrogen) atoms. The molecule has 1 aromatic rings. The highest BCUT2D eigenvalue weighted by molar-refractivity contribution is 5.49. The van der Waals surface area contributed by atoms with Gasteiger partial charge in [0.15, 0.2) is 11.6 Å². The van der Waals surface area contributed by atoms with Crippen LogP contribution in [0.2, 0.25) is 0 Å². The topological polar surface area (TPSA) is 15.3 Å². The zero-order valence-corrected chi connectivity index (χ0v) is 11.4. The summed E-state index contributed by atoms with van der Waals surface area (Å²) in [6.07, 6.45) is 0. The molecule has 0 saturated carbocycles. The summed E-state index contributed by atoms with van der Waals surface area (Å²) in [5.41, 5.74) is 0.00865. The van der Waals surface area contributed by atoms with E-state index in [2.05, 4.69) is 26.1 Å². The van der Waals surface area contributed by atoms with Gasteiger partial charge in [-0.25, -0.2) is 13.2 Å². The smallest absolute Gasteiger partial charge is 0.182 e. The average Bonchev–Trinajstić information content (AvgIpc) is 2.33. The SMILES string of the molecule is CC(C)(C)C1CN(c2cc(F)cc(F)c2F)CCN1. The van der Waals surface area contributed by atoms with Crippen LogP contribution in [0.4, 0.5) is 18.9 Å². The first-order valence-electron chi connectivity index (χ1n) is 6.42. The molecule has 0 amide bonds. The van der Waals surface area contributed by atoms with Crippen molar-refractivity contribution in [3.63, 3.8) is 0 Å². The summed E-state index contributed by atoms with van der Waals surface area (Å²) in [5, 5.41) is 3.36. The zero-order chi connectivity index (χ0) is 14.2. The molecule has 1 aliphatic rings. The van der Waals surface area contributed by atoms with Crippen LogP contribution in [0.1, 0.15) is 20.8 Å². The van der Waals surface area contributed by atoms with Crippen LogP contribution >= 0.6 is 0 Å². The van der Waals surface area contributed by atoms with Gasteiger partial charge in [-0.1, -0.05) is 20.8 Å². The number of piperazine rings is 1. The van der Waals surface area contributed by atoms with E-state index in [1.165, 1.54) is 0 Å². The van der Waals surface area contributed by atoms with Crippen molar-refractivity contribution in [1.29, 1.82) is 0 Å². The second kappa shape index (κ2) is 5.04. The van der Waals surface area contributed by atoms with E-state index in [1.54, 1.807) is 4.90 Å². The Kier molecular flexibility index (Phi) is 3.76. The van der Waals surface area contributed by atoms with E-state index in [4.69, 9.17) is 0 Å². The normalized spacial score (nSPS) is 20.7. The van der Waals surface area contributed by atoms with Gasteiger partial charge in [0.1, 0.15) is 5.82 Å². The minimum absolute atomic E-state index is 0.00101. The van der Waals surface area contributed by atoms with E-state index in [9.17, 15) is 13.2 Å². The van der Waals surface area contributed by atoms with E-state index in [1.807, 2.05) is 0 Å². The number of anilines is 1. The molecular formula is C14H19F3N2. The largest absolute Gasteiger partial charge is 0.366 e. The molecule has 0 aromatic heterocycles. The van der Waals surface area contributed by atoms with Crippen LogP contribution in [0.5, 0.6) is 0 Å². The van der Waals surface area contributed by atoms with Crippen LogP contribution in [-0.4, -0.2) is 25.7 Å². The molecule has 1 N–H and O–H groups in total. The van der Waals surface area contributed by atoms with E-state index in [-0.39, 0.29) is 17.1 Å². The third kappa shape index (κ3) is 3.03. The standard InChI is InChI=1S/C14H19F3N2/c1-14(2,3)12-8-19(5-4-18-12)11-7-9(15)6-10(16)13(11)17/h6-7,12,18H,4-5,8H2,1-3H3. The van der Waals surface area contributed by atoms with Crippen molar-refractivity contribution < 1.29 is 13.2 Å². The lowest BCUT2D eigenvalue weighted by Crippen LogP contribution is -2.56. The van der Waals surface area contributed by atoms with Crippen LogP contribution in [0.15, 0.2) is 12.1 Å². The van der Waals surface area contributed by atoms with Crippen LogP contribution < -0.4 is 10.2 Å². The van der Waals surface area contributed by atoms with Crippen LogP contribution in [0.3, 0.4) is 0 Å². The molecule has 0 radical (unpaired) electrons. The summed E-state index contributed by atoms with van der Waals surface area (Å²) in [7, 11) is 0. The maximum absolute atomic E-state index is 13.8. The molecule has 0 bridgehead atoms. The van der Waals surface area contributed by atoms with E-state index >= 15 is 0 Å². The molecule has 1 saturated heterocycles. The first-order chi connectivity index (χ1) is 8.79. The second-order valence-corrected chi connectivity index (χ2v) is 6.04. The Morgan fingerprint density at radius 1 is 1.21 bits per heavy atom. The van der Waals surface area contributed by atoms with Crippen molar-refractivity contribution in [2.75, 3.05) is 24.5 Å². The van der Waals surface area contributed by atoms with Gasteiger partial charge >= 0.3 is 0 Å². The molecule has 1 atom stereocenters. The van der Waals surface area contributed by atoms with Crippen molar-refractivity contribution in [2.24, 2.45) is 5.41 Å². The van der Waals surface area contributed by atoms with Gasteiger partial charge in [-0.2, -0.15) is 0 Å². The molecule has 0 aliphatic carbocycles. The Labute approximate surface area is 111 Å². The highest BCUT2D eigenvalue weighted by Gasteiger charge is 2.30. The Morgan fingerprint density at radius 3 is 2.53 bits per heavy atom. The predicted molar refractivity (Wildman–Crippen MR) is 69.8 cm³/mol. The molecule has 1 aliphatic heterocycles. The molecule has 2 rings (SSSR count). The molecular weight excluding hydrogens is 253 g/mol. The monoisotopic (exact) mass is 272 g/mol. The van der Waals surface area contributed by atoms with Crippen molar-refractivity contribution in [2.45, 2.75) is 26.8 Å². The maximum Gasteiger partial charge on any atom is 0.182 e. The maximum atomic E-state index is 13.8. The molecule has 1 aromatic carbocycles. The van der Waals surface area contributed by atoms with Crippen LogP contribution in [0.25, 0.3) is 0 Å². The van der Waals surface area contributed by atoms with E-state index < -0.39 is 17.5 Å². The Balaban J connectivity index is 2.27. The summed E-state index contributed by atoms with van der Waals surface area (Å²) in [5.74, 6) is -2.86. The first-order valence-corrected chi connectivity index (χ1v) is 6.42. The molecule has 1 heterocycles. The summed E-state index contributed by atoms with van der Waals surface area (Å²) in [6, 6.07) is 1.78. The summed E-state index contributed by atoms with van der Waals surface area (Å²) < 4.78 is 40.3. The molecule has 1 fully saturated rings. The van der Waals surface area contributed by atoms with Gasteiger partial charge in [0.05, 0.1) is 5.69 Å². The van der Waals surface area contributed by atoms with Gasteiger partial charge in [-0.3, -0.25) is 0 Å². The number of nitrogens with zero attached hydrogens (tertiary/aromatic N) is 1. The van der Waals surface area contributed by atoms with E-state index in [0.29, 0.717) is 25.7 Å². The minimum atomic E-state index is -1.14. The number of halogens is 3. The van der Waals surface area contributed by atoms with Crippen molar-refractivity contribution in [3.05, 3.63) is 29.6 Å². The summed E-state index contributed by atoms with van der Waals surface area (Å²) in [4.78, 5) is 1.70. The lowest BCUT2D eigenvalue weighted by molar-refractivity contribution is 0.253. The third-order valence-corrected chi connectivity index (χ3v) is 3.54. The zero-order valence-electron chi connectivity index (χ0n) is 11.4. The minimum Gasteiger partial charge on any atom is -0.366 e. The van der Waals surface area contributed by atoms with Crippen LogP contribution in [0, 0.1) is 22.9 Å². The average molecular weight is 272 g/mol. The van der Waals surface area contributed by atoms with Gasteiger partial charge in [-0.15, -0.1) is 0 Å². The number of benzene rings is 1. The van der Waals surface area contributed by atoms with Gasteiger partial charge in [0, 0.05) is 37.8 Å². The molecule has 2 nitrogen and oxygen atoms in total. The Hall–Kier alpha value is -1.23. The van der Waals surface area contributed by atoms with Crippen LogP contribution in [-0.2, 0) is 0 Å². The number of hydrogen-bond donors (Lipinski definition) is 1. The van der Waals surface area contributed by atoms with Crippen molar-refractivity contribution in [3.8, 4) is 0 Å². The first kappa shape index (κ1) is 14.2. The predicted octanol–water partition coefficient (Wildman–Crippen LogP) is 2.93. The highest BCUT2D eigenvalue weighted by atomic mass is 19.2. The highest BCUT2D eigenvalue weighted by Crippen LogP contribution is 2.28. The summed E-state index contributed by atoms with van der Waals surface area (Å²) >= 11 is 0. The fourth-order valence-electron chi connectivity index (χ4n) is 2.32. The van der Waals surface area contributed by atoms with Gasteiger partial charge in [0.25, 0.3) is 0 Å². The van der Waals surface area contributed by atoms with Gasteiger partial charge in [-0.05, 0) is 5.41 Å². The Morgan fingerprint density at radius 2 is 1.89 bits per heavy atom. The lowest BCUT2D eigenvalue weighted by atomic mass is 9.85. The fourth-order valence-corrected chi connectivity index (χ4v) is 2.32. The van der Waals surface area contributed by atoms with Crippen molar-refractivity contribution in [1.82, 2.24) is 5.32 Å². The molecule has 1 unspecified atom stereocenters. The number of rotatable bonds is 1. The summed E-state index contributed by atoms with van der Waals surface area (Å²) in [6.45, 7) is 7.97. The lowest BCUT2D eigenvalue weighted by Gasteiger charge is -2.41. The number of hydrogen-bond acceptors (Lipinski definition) is 2. The second-order valence-electron chi connectivity index (χ2n) is 6.04. The molecule has 5 heteroatoms. The Bertz CT molecular complexity index is 468. The molecule has 106 valence electrons. The van der Waals surface area contributed by atoms with Crippen molar-refractivity contribution >= 4 is 5.69 Å². The van der Waals surface area contributed by atoms with Gasteiger partial charge < -0.3 is 10.2 Å². The molecule has 0 spiro atoms. The van der Waals surface area contributed by atoms with Gasteiger partial charge in [0.2, 0.25) is 0 Å². The third-order valence-electron chi connectivity index (χ3n) is 3.54. The quantitative estimate of drug-likeness (QED) is 0.791. The van der Waals surface area contributed by atoms with E-state index in [0.717, 1.165) is 6.07 Å². The number of nitrogens with one attached hydrogen (secondary N) is 1.